The predicted octanol–water partition coefficient (Wildman–Crippen LogP) is -2.40. The molecule has 2 spiro atoms. The first-order chi connectivity index (χ1) is 14.3. The lowest BCUT2D eigenvalue weighted by molar-refractivity contribution is -0.240. The highest BCUT2D eigenvalue weighted by atomic mass is 16.8. The molecule has 0 aromatic carbocycles. The average Bonchev–Trinajstić information content (AvgIpc) is 3.35. The van der Waals surface area contributed by atoms with Gasteiger partial charge < -0.3 is 39.4 Å². The number of hydrogen-bond acceptors (Lipinski definition) is 11. The Morgan fingerprint density at radius 2 is 1.58 bits per heavy atom. The molecule has 11 heteroatoms. The predicted molar refractivity (Wildman–Crippen MR) is 93.4 cm³/mol. The van der Waals surface area contributed by atoms with Crippen LogP contribution in [0.4, 0.5) is 0 Å². The molecule has 31 heavy (non-hydrogen) atoms. The van der Waals surface area contributed by atoms with E-state index in [-0.39, 0.29) is 0 Å². The molecule has 4 saturated heterocycles. The maximum Gasteiger partial charge on any atom is 0.343 e. The van der Waals surface area contributed by atoms with Crippen LogP contribution in [0.3, 0.4) is 0 Å². The highest BCUT2D eigenvalue weighted by Gasteiger charge is 3.05. The van der Waals surface area contributed by atoms with E-state index in [1.165, 1.54) is 6.92 Å². The van der Waals surface area contributed by atoms with Gasteiger partial charge in [0.05, 0.1) is 22.9 Å². The van der Waals surface area contributed by atoms with Crippen molar-refractivity contribution >= 4 is 17.9 Å². The van der Waals surface area contributed by atoms with E-state index in [4.69, 9.17) is 18.9 Å². The van der Waals surface area contributed by atoms with Crippen LogP contribution in [-0.2, 0) is 33.3 Å². The molecule has 2 saturated carbocycles. The van der Waals surface area contributed by atoms with Gasteiger partial charge in [0.2, 0.25) is 11.9 Å². The van der Waals surface area contributed by atoms with Crippen molar-refractivity contribution in [3.05, 3.63) is 0 Å². The quantitative estimate of drug-likeness (QED) is 0.234. The van der Waals surface area contributed by atoms with Gasteiger partial charge in [0.1, 0.15) is 12.2 Å². The number of aliphatic hydroxyl groups excluding tert-OH is 3. The summed E-state index contributed by atoms with van der Waals surface area (Å²) in [4.78, 5) is 38.3. The number of carbonyl (C=O) groups is 3. The summed E-state index contributed by atoms with van der Waals surface area (Å²) in [5, 5.41) is 46.1. The molecule has 0 amide bonds. The molecule has 11 nitrogen and oxygen atoms in total. The van der Waals surface area contributed by atoms with Crippen LogP contribution in [0.5, 0.6) is 0 Å². The Bertz CT molecular complexity index is 957. The molecule has 4 N–H and O–H groups in total. The first kappa shape index (κ1) is 19.9. The SMILES string of the molecule is C[C@@H]1C(=O)O[C@H]2[C@@H](O)[C@]34[C@@H]5OC(=O)[C@]3(O[C@@H]3OC(=O)C(O)[C@@]34[C@H](C(C)(C)C)[C@H]5O)[C@@]12O. The van der Waals surface area contributed by atoms with Gasteiger partial charge in [-0.15, -0.1) is 0 Å². The molecule has 0 aromatic rings. The van der Waals surface area contributed by atoms with Gasteiger partial charge >= 0.3 is 17.9 Å². The third-order valence-electron chi connectivity index (χ3n) is 8.95. The fourth-order valence-electron chi connectivity index (χ4n) is 8.27. The molecule has 2 aliphatic carbocycles. The molecular formula is C20H24O11. The summed E-state index contributed by atoms with van der Waals surface area (Å²) >= 11 is 0. The topological polar surface area (TPSA) is 169 Å². The summed E-state index contributed by atoms with van der Waals surface area (Å²) in [5.41, 5.74) is -9.40. The van der Waals surface area contributed by atoms with Crippen LogP contribution in [0, 0.1) is 28.1 Å². The first-order valence-corrected chi connectivity index (χ1v) is 10.3. The highest BCUT2D eigenvalue weighted by Crippen LogP contribution is 2.84. The van der Waals surface area contributed by atoms with Crippen molar-refractivity contribution < 1.29 is 53.8 Å². The molecule has 4 heterocycles. The van der Waals surface area contributed by atoms with Crippen LogP contribution in [0.25, 0.3) is 0 Å². The van der Waals surface area contributed by atoms with E-state index in [1.54, 1.807) is 20.8 Å². The average molecular weight is 440 g/mol. The van der Waals surface area contributed by atoms with Crippen molar-refractivity contribution in [2.75, 3.05) is 0 Å². The molecule has 6 rings (SSSR count). The van der Waals surface area contributed by atoms with E-state index in [2.05, 4.69) is 0 Å². The second-order valence-electron chi connectivity index (χ2n) is 10.8. The molecule has 6 fully saturated rings. The fraction of sp³-hybridized carbons (Fsp3) is 0.850. The maximum atomic E-state index is 13.4. The van der Waals surface area contributed by atoms with E-state index >= 15 is 0 Å². The highest BCUT2D eigenvalue weighted by molar-refractivity contribution is 5.94. The minimum atomic E-state index is -2.40. The lowest BCUT2D eigenvalue weighted by atomic mass is 9.51. The Labute approximate surface area is 176 Å². The monoisotopic (exact) mass is 440 g/mol. The van der Waals surface area contributed by atoms with Crippen molar-refractivity contribution in [2.24, 2.45) is 28.1 Å². The van der Waals surface area contributed by atoms with Crippen LogP contribution >= 0.6 is 0 Å². The Hall–Kier alpha value is -1.79. The van der Waals surface area contributed by atoms with Crippen molar-refractivity contribution in [3.63, 3.8) is 0 Å². The molecule has 0 bridgehead atoms. The van der Waals surface area contributed by atoms with Crippen LogP contribution in [0.1, 0.15) is 27.7 Å². The first-order valence-electron chi connectivity index (χ1n) is 10.3. The molecule has 6 aliphatic rings. The van der Waals surface area contributed by atoms with Gasteiger partial charge in [0.15, 0.2) is 17.8 Å². The maximum absolute atomic E-state index is 13.4. The van der Waals surface area contributed by atoms with Crippen LogP contribution in [0.2, 0.25) is 0 Å². The number of rotatable bonds is 0. The van der Waals surface area contributed by atoms with E-state index < -0.39 is 94.0 Å². The minimum absolute atomic E-state index is 0.792. The number of ether oxygens (including phenoxy) is 4. The smallest absolute Gasteiger partial charge is 0.343 e. The summed E-state index contributed by atoms with van der Waals surface area (Å²) in [5.74, 6) is -5.22. The standard InChI is InChI=1S/C20H24O11/c1-5-12(24)28-11-8(22)18-10-6(21)7(16(2,3)4)17(18)9(23)13(25)30-15(17)31-20(18,14(26)29-10)19(5,11)27/h5-11,15,21-23,27H,1-4H3/t5-,6-,7+,8-,9?,10-,11+,15+,17+,18-,19-,20-/m1/s1. The summed E-state index contributed by atoms with van der Waals surface area (Å²) in [6, 6.07) is 0. The van der Waals surface area contributed by atoms with Gasteiger partial charge in [-0.1, -0.05) is 20.8 Å². The van der Waals surface area contributed by atoms with E-state index in [9.17, 15) is 34.8 Å². The lowest BCUT2D eigenvalue weighted by Gasteiger charge is -2.47. The minimum Gasteiger partial charge on any atom is -0.456 e. The largest absolute Gasteiger partial charge is 0.456 e. The molecule has 4 aliphatic heterocycles. The van der Waals surface area contributed by atoms with E-state index in [0.29, 0.717) is 0 Å². The number of esters is 3. The van der Waals surface area contributed by atoms with Gasteiger partial charge in [-0.3, -0.25) is 4.79 Å². The van der Waals surface area contributed by atoms with Crippen molar-refractivity contribution in [2.45, 2.75) is 75.7 Å². The van der Waals surface area contributed by atoms with Crippen molar-refractivity contribution in [1.29, 1.82) is 0 Å². The summed E-state index contributed by atoms with van der Waals surface area (Å²) in [6.45, 7) is 6.63. The molecule has 0 aromatic heterocycles. The van der Waals surface area contributed by atoms with E-state index in [0.717, 1.165) is 0 Å². The van der Waals surface area contributed by atoms with Gasteiger partial charge in [0, 0.05) is 5.92 Å². The van der Waals surface area contributed by atoms with Crippen molar-refractivity contribution in [3.8, 4) is 0 Å². The lowest BCUT2D eigenvalue weighted by Crippen LogP contribution is -2.67. The van der Waals surface area contributed by atoms with Crippen LogP contribution in [-0.4, -0.2) is 86.3 Å². The zero-order valence-electron chi connectivity index (χ0n) is 17.3. The zero-order chi connectivity index (χ0) is 22.7. The Kier molecular flexibility index (Phi) is 3.15. The number of hydrogen-bond donors (Lipinski definition) is 4. The Morgan fingerprint density at radius 1 is 0.935 bits per heavy atom. The second-order valence-corrected chi connectivity index (χ2v) is 10.8. The number of fused-ring (bicyclic) bond motifs is 1. The molecule has 12 atom stereocenters. The molecular weight excluding hydrogens is 416 g/mol. The molecule has 1 unspecified atom stereocenters. The third-order valence-corrected chi connectivity index (χ3v) is 8.95. The second kappa shape index (κ2) is 4.91. The zero-order valence-corrected chi connectivity index (χ0v) is 17.3. The molecule has 170 valence electrons. The summed E-state index contributed by atoms with van der Waals surface area (Å²) in [6.07, 6.45) is -9.69. The van der Waals surface area contributed by atoms with E-state index in [1.807, 2.05) is 0 Å². The number of aliphatic hydroxyl groups is 4. The number of carbonyl (C=O) groups excluding carboxylic acids is 3. The van der Waals surface area contributed by atoms with Crippen molar-refractivity contribution in [1.82, 2.24) is 0 Å². The van der Waals surface area contributed by atoms with Gasteiger partial charge in [-0.05, 0) is 12.3 Å². The Morgan fingerprint density at radius 3 is 2.19 bits per heavy atom. The van der Waals surface area contributed by atoms with Gasteiger partial charge in [-0.2, -0.15) is 0 Å². The van der Waals surface area contributed by atoms with Crippen LogP contribution < -0.4 is 0 Å². The summed E-state index contributed by atoms with van der Waals surface area (Å²) in [7, 11) is 0. The third kappa shape index (κ3) is 1.43. The summed E-state index contributed by atoms with van der Waals surface area (Å²) < 4.78 is 22.2. The van der Waals surface area contributed by atoms with Gasteiger partial charge in [0.25, 0.3) is 0 Å². The normalized spacial score (nSPS) is 61.0. The Balaban J connectivity index is 1.75. The van der Waals surface area contributed by atoms with Gasteiger partial charge in [-0.25, -0.2) is 9.59 Å². The van der Waals surface area contributed by atoms with Crippen LogP contribution in [0.15, 0.2) is 0 Å². The molecule has 0 radical (unpaired) electrons. The fourth-order valence-corrected chi connectivity index (χ4v) is 8.27.